The quantitative estimate of drug-likeness (QED) is 0.732. The highest BCUT2D eigenvalue weighted by atomic mass is 32.2. The lowest BCUT2D eigenvalue weighted by molar-refractivity contribution is -0.0394. The molecule has 118 valence electrons. The van der Waals surface area contributed by atoms with Gasteiger partial charge in [0.1, 0.15) is 23.3 Å². The average Bonchev–Trinajstić information content (AvgIpc) is 2.94. The van der Waals surface area contributed by atoms with Gasteiger partial charge in [0.15, 0.2) is 0 Å². The Bertz CT molecular complexity index is 412. The Balaban J connectivity index is 1.84. The summed E-state index contributed by atoms with van der Waals surface area (Å²) in [7, 11) is 0. The maximum atomic E-state index is 6.01. The molecule has 0 aromatic heterocycles. The van der Waals surface area contributed by atoms with E-state index in [2.05, 4.69) is 30.7 Å². The molecule has 0 aromatic carbocycles. The van der Waals surface area contributed by atoms with E-state index >= 15 is 0 Å². The molecule has 21 heavy (non-hydrogen) atoms. The van der Waals surface area contributed by atoms with Gasteiger partial charge in [0.2, 0.25) is 0 Å². The third kappa shape index (κ3) is 4.76. The number of hydrogen-bond donors (Lipinski definition) is 1. The van der Waals surface area contributed by atoms with Crippen LogP contribution in [0.2, 0.25) is 0 Å². The van der Waals surface area contributed by atoms with Crippen LogP contribution in [0.15, 0.2) is 29.7 Å². The normalized spacial score (nSPS) is 27.4. The molecule has 0 bridgehead atoms. The van der Waals surface area contributed by atoms with Crippen LogP contribution in [-0.2, 0) is 9.47 Å². The maximum absolute atomic E-state index is 6.01. The summed E-state index contributed by atoms with van der Waals surface area (Å²) in [5.74, 6) is 2.59. The van der Waals surface area contributed by atoms with Gasteiger partial charge in [0, 0.05) is 25.1 Å². The number of nitrogens with zero attached hydrogens (tertiary/aromatic N) is 2. The van der Waals surface area contributed by atoms with Crippen molar-refractivity contribution in [1.29, 1.82) is 0 Å². The first-order valence-corrected chi connectivity index (χ1v) is 8.61. The van der Waals surface area contributed by atoms with Crippen molar-refractivity contribution in [3.63, 3.8) is 0 Å². The number of rotatable bonds is 7. The van der Waals surface area contributed by atoms with Gasteiger partial charge in [-0.05, 0) is 18.9 Å². The zero-order valence-corrected chi connectivity index (χ0v) is 13.7. The van der Waals surface area contributed by atoms with Crippen LogP contribution in [0, 0.1) is 0 Å². The van der Waals surface area contributed by atoms with Gasteiger partial charge in [0.25, 0.3) is 0 Å². The molecule has 0 radical (unpaired) electrons. The fourth-order valence-corrected chi connectivity index (χ4v) is 3.11. The van der Waals surface area contributed by atoms with Gasteiger partial charge in [-0.25, -0.2) is 0 Å². The molecule has 2 aliphatic rings. The van der Waals surface area contributed by atoms with Crippen LogP contribution in [0.4, 0.5) is 0 Å². The molecule has 0 aliphatic carbocycles. The van der Waals surface area contributed by atoms with Crippen LogP contribution < -0.4 is 5.32 Å². The molecule has 2 heterocycles. The molecule has 0 spiro atoms. The van der Waals surface area contributed by atoms with E-state index in [9.17, 15) is 0 Å². The molecule has 2 rings (SSSR count). The second-order valence-corrected chi connectivity index (χ2v) is 6.18. The third-order valence-corrected chi connectivity index (χ3v) is 4.23. The van der Waals surface area contributed by atoms with Crippen molar-refractivity contribution in [2.45, 2.75) is 38.4 Å². The van der Waals surface area contributed by atoms with Crippen LogP contribution in [-0.4, -0.2) is 47.9 Å². The molecule has 6 heteroatoms. The number of amidine groups is 1. The van der Waals surface area contributed by atoms with Gasteiger partial charge in [-0.15, -0.1) is 11.8 Å². The number of aliphatic imine (C=N–C) groups is 1. The fraction of sp³-hybridized carbons (Fsp3) is 0.667. The van der Waals surface area contributed by atoms with Gasteiger partial charge in [-0.3, -0.25) is 4.99 Å². The van der Waals surface area contributed by atoms with Crippen molar-refractivity contribution in [1.82, 2.24) is 10.2 Å². The minimum absolute atomic E-state index is 0.00852. The molecular weight excluding hydrogens is 286 g/mol. The minimum Gasteiger partial charge on any atom is -0.378 e. The maximum Gasteiger partial charge on any atom is 0.145 e. The molecule has 1 saturated heterocycles. The SMILES string of the molecule is C=C1NC(=NCCC)C=CN1[C@H]1CS[C@@H](COCCC)O1. The Morgan fingerprint density at radius 1 is 1.52 bits per heavy atom. The molecule has 1 fully saturated rings. The van der Waals surface area contributed by atoms with E-state index in [1.807, 2.05) is 17.2 Å². The number of nitrogens with one attached hydrogen (secondary N) is 1. The lowest BCUT2D eigenvalue weighted by atomic mass is 10.3. The van der Waals surface area contributed by atoms with Crippen molar-refractivity contribution in [2.75, 3.05) is 25.5 Å². The van der Waals surface area contributed by atoms with E-state index in [0.717, 1.165) is 43.4 Å². The summed E-state index contributed by atoms with van der Waals surface area (Å²) in [5.41, 5.74) is 0.109. The first kappa shape index (κ1) is 16.4. The van der Waals surface area contributed by atoms with Gasteiger partial charge in [-0.2, -0.15) is 0 Å². The summed E-state index contributed by atoms with van der Waals surface area (Å²) >= 11 is 1.79. The second-order valence-electron chi connectivity index (χ2n) is 4.99. The van der Waals surface area contributed by atoms with Crippen LogP contribution in [0.3, 0.4) is 0 Å². The minimum atomic E-state index is 0.00852. The molecule has 0 aromatic rings. The van der Waals surface area contributed by atoms with Crippen molar-refractivity contribution in [3.8, 4) is 0 Å². The largest absolute Gasteiger partial charge is 0.378 e. The lowest BCUT2D eigenvalue weighted by Gasteiger charge is -2.31. The van der Waals surface area contributed by atoms with E-state index < -0.39 is 0 Å². The Morgan fingerprint density at radius 2 is 2.38 bits per heavy atom. The Kier molecular flexibility index (Phi) is 6.60. The van der Waals surface area contributed by atoms with E-state index in [4.69, 9.17) is 9.47 Å². The smallest absolute Gasteiger partial charge is 0.145 e. The Morgan fingerprint density at radius 3 is 3.10 bits per heavy atom. The summed E-state index contributed by atoms with van der Waals surface area (Å²) in [5, 5.41) is 3.22. The highest BCUT2D eigenvalue weighted by Crippen LogP contribution is 2.29. The predicted molar refractivity (Wildman–Crippen MR) is 88.1 cm³/mol. The molecule has 0 saturated carbocycles. The molecule has 2 atom stereocenters. The van der Waals surface area contributed by atoms with Crippen LogP contribution in [0.1, 0.15) is 26.7 Å². The van der Waals surface area contributed by atoms with Gasteiger partial charge in [0.05, 0.1) is 6.61 Å². The van der Waals surface area contributed by atoms with Crippen LogP contribution in [0.25, 0.3) is 0 Å². The summed E-state index contributed by atoms with van der Waals surface area (Å²) < 4.78 is 11.6. The van der Waals surface area contributed by atoms with E-state index in [1.165, 1.54) is 0 Å². The Labute approximate surface area is 131 Å². The summed E-state index contributed by atoms with van der Waals surface area (Å²) in [4.78, 5) is 6.47. The molecule has 5 nitrogen and oxygen atoms in total. The first-order chi connectivity index (χ1) is 10.2. The van der Waals surface area contributed by atoms with E-state index in [1.54, 1.807) is 11.8 Å². The van der Waals surface area contributed by atoms with Crippen molar-refractivity contribution in [3.05, 3.63) is 24.7 Å². The number of ether oxygens (including phenoxy) is 2. The first-order valence-electron chi connectivity index (χ1n) is 7.56. The topological polar surface area (TPSA) is 46.1 Å². The standard InChI is InChI=1S/C15H25N3O2S/c1-4-7-16-13-6-8-18(12(3)17-13)14-11-21-15(20-14)10-19-9-5-2/h6,8,14-15H,3-5,7,9-11H2,1-2H3,(H,16,17)/t14-,15+/m1/s1. The summed E-state index contributed by atoms with van der Waals surface area (Å²) in [6.45, 7) is 10.5. The van der Waals surface area contributed by atoms with Gasteiger partial charge in [-0.1, -0.05) is 20.4 Å². The van der Waals surface area contributed by atoms with Gasteiger partial charge < -0.3 is 19.7 Å². The Hall–Kier alpha value is -0.980. The predicted octanol–water partition coefficient (Wildman–Crippen LogP) is 2.53. The zero-order chi connectivity index (χ0) is 15.1. The van der Waals surface area contributed by atoms with Crippen LogP contribution >= 0.6 is 11.8 Å². The van der Waals surface area contributed by atoms with E-state index in [-0.39, 0.29) is 11.7 Å². The van der Waals surface area contributed by atoms with Crippen molar-refractivity contribution in [2.24, 2.45) is 4.99 Å². The van der Waals surface area contributed by atoms with Crippen LogP contribution in [0.5, 0.6) is 0 Å². The average molecular weight is 311 g/mol. The molecule has 0 unspecified atom stereocenters. The van der Waals surface area contributed by atoms with Gasteiger partial charge >= 0.3 is 0 Å². The highest BCUT2D eigenvalue weighted by molar-refractivity contribution is 8.00. The zero-order valence-electron chi connectivity index (χ0n) is 12.9. The molecule has 2 aliphatic heterocycles. The fourth-order valence-electron chi connectivity index (χ4n) is 2.09. The monoisotopic (exact) mass is 311 g/mol. The van der Waals surface area contributed by atoms with Crippen molar-refractivity contribution < 1.29 is 9.47 Å². The lowest BCUT2D eigenvalue weighted by Crippen LogP contribution is -2.42. The number of thioether (sulfide) groups is 1. The summed E-state index contributed by atoms with van der Waals surface area (Å²) in [6.07, 6.45) is 6.05. The number of hydrogen-bond acceptors (Lipinski definition) is 5. The van der Waals surface area contributed by atoms with E-state index in [0.29, 0.717) is 6.61 Å². The summed E-state index contributed by atoms with van der Waals surface area (Å²) in [6, 6.07) is 0. The molecule has 0 amide bonds. The highest BCUT2D eigenvalue weighted by Gasteiger charge is 2.31. The second kappa shape index (κ2) is 8.46. The van der Waals surface area contributed by atoms with Crippen molar-refractivity contribution >= 4 is 17.6 Å². The third-order valence-electron chi connectivity index (χ3n) is 3.13. The molecule has 1 N–H and O–H groups in total. The molecular formula is C15H25N3O2S.